The molecule has 224 valence electrons. The predicted octanol–water partition coefficient (Wildman–Crippen LogP) is 8.83. The minimum atomic E-state index is -0.0529. The van der Waals surface area contributed by atoms with Gasteiger partial charge in [0, 0.05) is 47.6 Å². The fourth-order valence-electron chi connectivity index (χ4n) is 5.58. The Bertz CT molecular complexity index is 2290. The molecule has 4 aromatic heterocycles. The molecule has 6 heteroatoms. The van der Waals surface area contributed by atoms with Gasteiger partial charge in [-0.05, 0) is 70.5 Å². The number of hydrogen-bond acceptors (Lipinski definition) is 3. The smallest absolute Gasteiger partial charge is 0.270 e. The Hall–Kier alpha value is -5.23. The highest BCUT2D eigenvalue weighted by atomic mass is 16.5. The lowest BCUT2D eigenvalue weighted by atomic mass is 9.87. The van der Waals surface area contributed by atoms with Gasteiger partial charge in [0.25, 0.3) is 6.33 Å². The molecule has 0 radical (unpaired) electrons. The number of benzene rings is 3. The summed E-state index contributed by atoms with van der Waals surface area (Å²) in [7, 11) is 0. The Morgan fingerprint density at radius 2 is 1.40 bits per heavy atom. The first-order valence-corrected chi connectivity index (χ1v) is 15.2. The Labute approximate surface area is 267 Å². The fourth-order valence-corrected chi connectivity index (χ4v) is 5.58. The van der Waals surface area contributed by atoms with Gasteiger partial charge in [0.1, 0.15) is 17.3 Å². The quantitative estimate of drug-likeness (QED) is 0.148. The third-order valence-electron chi connectivity index (χ3n) is 8.11. The fraction of sp³-hybridized carbons (Fsp3) is 0.205. The van der Waals surface area contributed by atoms with E-state index in [2.05, 4.69) is 99.9 Å². The van der Waals surface area contributed by atoms with Crippen molar-refractivity contribution in [3.63, 3.8) is 0 Å². The highest BCUT2D eigenvalue weighted by Crippen LogP contribution is 2.36. The number of imidazole rings is 1. The molecule has 3 aromatic carbocycles. The second-order valence-electron chi connectivity index (χ2n) is 13.4. The van der Waals surface area contributed by atoms with Crippen LogP contribution in [0.25, 0.3) is 39.1 Å². The lowest BCUT2D eigenvalue weighted by molar-refractivity contribution is -0.599. The molecule has 4 heterocycles. The maximum absolute atomic E-state index is 8.71. The van der Waals surface area contributed by atoms with Gasteiger partial charge in [0.05, 0.1) is 19.5 Å². The maximum Gasteiger partial charge on any atom is 0.270 e. The Morgan fingerprint density at radius 3 is 2.22 bits per heavy atom. The molecule has 0 saturated carbocycles. The summed E-state index contributed by atoms with van der Waals surface area (Å²) in [6.07, 6.45) is 6.68. The van der Waals surface area contributed by atoms with Crippen LogP contribution in [0.2, 0.25) is 0 Å². The molecule has 0 spiro atoms. The van der Waals surface area contributed by atoms with Crippen LogP contribution in [0.1, 0.15) is 55.4 Å². The van der Waals surface area contributed by atoms with Crippen molar-refractivity contribution in [1.82, 2.24) is 19.1 Å². The molecule has 0 amide bonds. The van der Waals surface area contributed by atoms with E-state index in [1.807, 2.05) is 42.6 Å². The van der Waals surface area contributed by atoms with Gasteiger partial charge in [0.2, 0.25) is 0 Å². The second kappa shape index (κ2) is 10.7. The molecule has 0 fully saturated rings. The molecule has 0 aliphatic carbocycles. The number of nitrogens with zero attached hydrogens (tertiary/aromatic N) is 5. The van der Waals surface area contributed by atoms with Crippen LogP contribution in [0, 0.1) is 6.33 Å². The van der Waals surface area contributed by atoms with Crippen molar-refractivity contribution in [2.45, 2.75) is 52.4 Å². The number of hydrogen-bond donors (Lipinski definition) is 0. The minimum Gasteiger partial charge on any atom is -0.458 e. The molecule has 0 bridgehead atoms. The summed E-state index contributed by atoms with van der Waals surface area (Å²) in [6.45, 7) is 13.1. The zero-order valence-electron chi connectivity index (χ0n) is 28.5. The molecule has 0 aliphatic heterocycles. The maximum atomic E-state index is 8.71. The van der Waals surface area contributed by atoms with Crippen LogP contribution in [0.5, 0.6) is 11.5 Å². The molecular weight excluding hydrogens is 554 g/mol. The van der Waals surface area contributed by atoms with E-state index in [1.54, 1.807) is 22.9 Å². The largest absolute Gasteiger partial charge is 0.458 e. The summed E-state index contributed by atoms with van der Waals surface area (Å²) < 4.78 is 29.1. The Morgan fingerprint density at radius 1 is 0.689 bits per heavy atom. The van der Waals surface area contributed by atoms with Crippen molar-refractivity contribution in [2.75, 3.05) is 0 Å². The number of pyridine rings is 2. The van der Waals surface area contributed by atoms with E-state index >= 15 is 0 Å². The van der Waals surface area contributed by atoms with Crippen LogP contribution in [-0.2, 0) is 10.8 Å². The molecule has 0 aliphatic rings. The van der Waals surface area contributed by atoms with Gasteiger partial charge in [0.15, 0.2) is 5.82 Å². The topological polar surface area (TPSA) is 48.8 Å². The van der Waals surface area contributed by atoms with E-state index in [1.165, 1.54) is 10.1 Å². The number of aromatic nitrogens is 5. The van der Waals surface area contributed by atoms with Crippen LogP contribution >= 0.6 is 0 Å². The molecule has 6 nitrogen and oxygen atoms in total. The zero-order chi connectivity index (χ0) is 33.1. The van der Waals surface area contributed by atoms with Gasteiger partial charge in [-0.15, -0.1) is 0 Å². The lowest BCUT2D eigenvalue weighted by Crippen LogP contribution is -2.29. The van der Waals surface area contributed by atoms with Crippen LogP contribution in [0.3, 0.4) is 0 Å². The third kappa shape index (κ3) is 5.48. The average molecular weight is 594 g/mol. The second-order valence-corrected chi connectivity index (χ2v) is 13.4. The average Bonchev–Trinajstić information content (AvgIpc) is 3.53. The van der Waals surface area contributed by atoms with Crippen LogP contribution in [0.15, 0.2) is 116 Å². The molecule has 7 aromatic rings. The molecule has 45 heavy (non-hydrogen) atoms. The van der Waals surface area contributed by atoms with E-state index in [0.29, 0.717) is 17.3 Å². The van der Waals surface area contributed by atoms with Gasteiger partial charge >= 0.3 is 0 Å². The summed E-state index contributed by atoms with van der Waals surface area (Å²) in [5.41, 5.74) is 5.10. The summed E-state index contributed by atoms with van der Waals surface area (Å²) in [4.78, 5) is 9.28. The van der Waals surface area contributed by atoms with E-state index in [9.17, 15) is 0 Å². The van der Waals surface area contributed by atoms with Crippen molar-refractivity contribution in [1.29, 1.82) is 0 Å². The monoisotopic (exact) mass is 593 g/mol. The molecule has 0 saturated heterocycles. The molecular formula is C39H37N5O. The number of ether oxygens (including phenoxy) is 1. The van der Waals surface area contributed by atoms with Crippen molar-refractivity contribution >= 4 is 21.8 Å². The molecule has 0 N–H and O–H groups in total. The summed E-state index contributed by atoms with van der Waals surface area (Å²) >= 11 is 0. The number of rotatable bonds is 5. The van der Waals surface area contributed by atoms with Gasteiger partial charge < -0.3 is 4.74 Å². The Kier molecular flexibility index (Phi) is 6.25. The summed E-state index contributed by atoms with van der Waals surface area (Å²) in [6, 6.07) is 30.2. The number of para-hydroxylation sites is 1. The predicted molar refractivity (Wildman–Crippen MR) is 180 cm³/mol. The summed E-state index contributed by atoms with van der Waals surface area (Å²) in [5, 5.41) is 2.25. The van der Waals surface area contributed by atoms with Gasteiger partial charge in [-0.25, -0.2) is 4.98 Å². The summed E-state index contributed by atoms with van der Waals surface area (Å²) in [5.74, 6) is 2.50. The number of fused-ring (bicyclic) bond motifs is 3. The van der Waals surface area contributed by atoms with Gasteiger partial charge in [-0.2, -0.15) is 0 Å². The van der Waals surface area contributed by atoms with Gasteiger partial charge in [-0.3, -0.25) is 18.7 Å². The van der Waals surface area contributed by atoms with Crippen molar-refractivity contribution in [3.8, 4) is 28.8 Å². The molecule has 7 rings (SSSR count). The van der Waals surface area contributed by atoms with E-state index < -0.39 is 0 Å². The van der Waals surface area contributed by atoms with Crippen LogP contribution in [0.4, 0.5) is 0 Å². The first-order valence-electron chi connectivity index (χ1n) is 16.2. The zero-order valence-corrected chi connectivity index (χ0v) is 26.5. The van der Waals surface area contributed by atoms with Crippen LogP contribution < -0.4 is 9.30 Å². The Balaban J connectivity index is 1.27. The first kappa shape index (κ1) is 26.2. The van der Waals surface area contributed by atoms with E-state index in [4.69, 9.17) is 12.5 Å². The van der Waals surface area contributed by atoms with Crippen molar-refractivity contribution < 1.29 is 12.0 Å². The van der Waals surface area contributed by atoms with Crippen molar-refractivity contribution in [2.24, 2.45) is 0 Å². The first-order chi connectivity index (χ1) is 22.4. The highest BCUT2D eigenvalue weighted by Gasteiger charge is 2.19. The molecule has 0 unspecified atom stereocenters. The SMILES string of the molecule is [2H]c1c([2H])[n+](-c2cccc(C(C)(C)C)c2)[c-]n1-c1cc(Oc2ccc3c4ccccc4n(-c4cc(C(C)(C)C)ccn4)c3c2)ccn1. The highest BCUT2D eigenvalue weighted by molar-refractivity contribution is 6.09. The third-order valence-corrected chi connectivity index (χ3v) is 8.11. The van der Waals surface area contributed by atoms with Crippen LogP contribution in [-0.4, -0.2) is 19.1 Å². The van der Waals surface area contributed by atoms with E-state index in [0.717, 1.165) is 38.9 Å². The minimum absolute atomic E-state index is 0.0176. The normalized spacial score (nSPS) is 12.8. The molecule has 0 atom stereocenters. The van der Waals surface area contributed by atoms with Crippen molar-refractivity contribution in [3.05, 3.63) is 133 Å². The van der Waals surface area contributed by atoms with Gasteiger partial charge in [-0.1, -0.05) is 71.9 Å². The lowest BCUT2D eigenvalue weighted by Gasteiger charge is -2.20. The van der Waals surface area contributed by atoms with E-state index in [-0.39, 0.29) is 23.2 Å². The standard InChI is InChI=1S/C39H37N5O/c1-38(2,3)27-10-9-11-29(22-27)42-20-21-43(26-42)36-25-31(17-19-40-36)45-30-14-15-33-32-12-7-8-13-34(32)44(35(33)24-30)37-23-28(16-18-41-37)39(4,5)6/h7-25H,1-6H3/i20D,21D.